The van der Waals surface area contributed by atoms with Gasteiger partial charge in [-0.15, -0.1) is 0 Å². The number of carbonyl (C=O) groups is 1. The molecule has 0 saturated heterocycles. The molecule has 0 unspecified atom stereocenters. The fourth-order valence-corrected chi connectivity index (χ4v) is 3.80. The van der Waals surface area contributed by atoms with Crippen molar-refractivity contribution in [2.45, 2.75) is 33.2 Å². The van der Waals surface area contributed by atoms with Crippen LogP contribution in [0.2, 0.25) is 0 Å². The summed E-state index contributed by atoms with van der Waals surface area (Å²) in [7, 11) is 4.14. The van der Waals surface area contributed by atoms with Crippen LogP contribution in [-0.2, 0) is 13.0 Å². The quantitative estimate of drug-likeness (QED) is 0.696. The Labute approximate surface area is 160 Å². The molecule has 0 spiro atoms. The zero-order chi connectivity index (χ0) is 19.6. The molecule has 1 amide bonds. The second-order valence-corrected chi connectivity index (χ2v) is 7.20. The van der Waals surface area contributed by atoms with E-state index in [4.69, 9.17) is 10.7 Å². The van der Waals surface area contributed by atoms with Crippen molar-refractivity contribution in [2.75, 3.05) is 20.6 Å². The lowest BCUT2D eigenvalue weighted by atomic mass is 10.0. The van der Waals surface area contributed by atoms with Crippen LogP contribution in [0.5, 0.6) is 0 Å². The first-order valence-corrected chi connectivity index (χ1v) is 9.46. The fourth-order valence-electron chi connectivity index (χ4n) is 3.80. The molecule has 0 bridgehead atoms. The topological polar surface area (TPSA) is 64.1 Å². The van der Waals surface area contributed by atoms with Crippen molar-refractivity contribution in [3.8, 4) is 11.3 Å². The van der Waals surface area contributed by atoms with E-state index in [1.807, 2.05) is 37.3 Å². The van der Waals surface area contributed by atoms with E-state index in [1.54, 1.807) is 0 Å². The van der Waals surface area contributed by atoms with E-state index in [1.165, 1.54) is 0 Å². The first kappa shape index (κ1) is 19.1. The number of nitrogens with zero attached hydrogens (tertiary/aromatic N) is 3. The number of aromatic nitrogens is 2. The molecule has 2 aromatic heterocycles. The zero-order valence-electron chi connectivity index (χ0n) is 16.6. The van der Waals surface area contributed by atoms with Gasteiger partial charge in [0.05, 0.1) is 16.8 Å². The molecule has 0 saturated carbocycles. The third-order valence-electron chi connectivity index (χ3n) is 5.05. The number of hydrogen-bond donors (Lipinski definition) is 1. The standard InChI is InChI=1S/C22H28N4O/c1-5-19-21(18-12-11-16-9-6-7-10-17(16)24-18)20(22(23)27)15(2)26(19)14-8-13-25(3)4/h6-7,9-12H,5,8,13-14H2,1-4H3,(H2,23,27). The van der Waals surface area contributed by atoms with Crippen molar-refractivity contribution in [3.63, 3.8) is 0 Å². The lowest BCUT2D eigenvalue weighted by molar-refractivity contribution is 0.1000. The van der Waals surface area contributed by atoms with Crippen LogP contribution >= 0.6 is 0 Å². The van der Waals surface area contributed by atoms with Crippen LogP contribution < -0.4 is 5.73 Å². The van der Waals surface area contributed by atoms with E-state index in [0.29, 0.717) is 5.56 Å². The van der Waals surface area contributed by atoms with Crippen molar-refractivity contribution < 1.29 is 4.79 Å². The Morgan fingerprint density at radius 3 is 2.59 bits per heavy atom. The highest BCUT2D eigenvalue weighted by atomic mass is 16.1. The molecule has 2 heterocycles. The van der Waals surface area contributed by atoms with Crippen molar-refractivity contribution in [3.05, 3.63) is 53.3 Å². The molecule has 3 rings (SSSR count). The summed E-state index contributed by atoms with van der Waals surface area (Å²) in [5.41, 5.74) is 11.1. The summed E-state index contributed by atoms with van der Waals surface area (Å²) in [6, 6.07) is 12.1. The van der Waals surface area contributed by atoms with Gasteiger partial charge in [-0.2, -0.15) is 0 Å². The predicted octanol–water partition coefficient (Wildman–Crippen LogP) is 3.62. The lowest BCUT2D eigenvalue weighted by Crippen LogP contribution is -2.17. The van der Waals surface area contributed by atoms with Gasteiger partial charge < -0.3 is 15.2 Å². The van der Waals surface area contributed by atoms with Gasteiger partial charge in [-0.05, 0) is 52.5 Å². The summed E-state index contributed by atoms with van der Waals surface area (Å²) in [5, 5.41) is 1.09. The second kappa shape index (κ2) is 7.92. The first-order chi connectivity index (χ1) is 12.9. The molecule has 142 valence electrons. The number of hydrogen-bond acceptors (Lipinski definition) is 3. The number of pyridine rings is 1. The van der Waals surface area contributed by atoms with E-state index in [0.717, 1.165) is 59.5 Å². The maximum absolute atomic E-state index is 12.3. The molecule has 0 aliphatic carbocycles. The van der Waals surface area contributed by atoms with Crippen LogP contribution in [0.3, 0.4) is 0 Å². The highest BCUT2D eigenvalue weighted by Gasteiger charge is 2.24. The normalized spacial score (nSPS) is 11.4. The first-order valence-electron chi connectivity index (χ1n) is 9.46. The van der Waals surface area contributed by atoms with Crippen LogP contribution in [-0.4, -0.2) is 41.0 Å². The van der Waals surface area contributed by atoms with E-state index < -0.39 is 5.91 Å². The minimum Gasteiger partial charge on any atom is -0.366 e. The summed E-state index contributed by atoms with van der Waals surface area (Å²) < 4.78 is 2.25. The summed E-state index contributed by atoms with van der Waals surface area (Å²) in [4.78, 5) is 19.3. The van der Waals surface area contributed by atoms with Crippen molar-refractivity contribution in [1.82, 2.24) is 14.5 Å². The SMILES string of the molecule is CCc1c(-c2ccc3ccccc3n2)c(C(N)=O)c(C)n1CCCN(C)C. The molecule has 27 heavy (non-hydrogen) atoms. The number of primary amides is 1. The van der Waals surface area contributed by atoms with Crippen LogP contribution in [0.25, 0.3) is 22.2 Å². The van der Waals surface area contributed by atoms with Gasteiger partial charge in [0, 0.05) is 28.9 Å². The Morgan fingerprint density at radius 2 is 1.93 bits per heavy atom. The molecule has 5 nitrogen and oxygen atoms in total. The summed E-state index contributed by atoms with van der Waals surface area (Å²) in [6.45, 7) is 5.96. The monoisotopic (exact) mass is 364 g/mol. The molecule has 1 aromatic carbocycles. The molecular weight excluding hydrogens is 336 g/mol. The van der Waals surface area contributed by atoms with Gasteiger partial charge in [-0.1, -0.05) is 31.2 Å². The van der Waals surface area contributed by atoms with Crippen LogP contribution in [0.15, 0.2) is 36.4 Å². The molecule has 0 aliphatic heterocycles. The van der Waals surface area contributed by atoms with Gasteiger partial charge in [-0.3, -0.25) is 4.79 Å². The number of nitrogens with two attached hydrogens (primary N) is 1. The van der Waals surface area contributed by atoms with Crippen LogP contribution in [0, 0.1) is 6.92 Å². The highest BCUT2D eigenvalue weighted by molar-refractivity contribution is 6.02. The van der Waals surface area contributed by atoms with Gasteiger partial charge >= 0.3 is 0 Å². The van der Waals surface area contributed by atoms with Gasteiger partial charge in [0.1, 0.15) is 0 Å². The largest absolute Gasteiger partial charge is 0.366 e. The number of para-hydroxylation sites is 1. The summed E-state index contributed by atoms with van der Waals surface area (Å²) in [6.07, 6.45) is 1.83. The van der Waals surface area contributed by atoms with Gasteiger partial charge in [-0.25, -0.2) is 4.98 Å². The Hall–Kier alpha value is -2.66. The van der Waals surface area contributed by atoms with Crippen molar-refractivity contribution in [1.29, 1.82) is 0 Å². The average Bonchev–Trinajstić information content (AvgIpc) is 2.93. The van der Waals surface area contributed by atoms with E-state index in [9.17, 15) is 4.79 Å². The van der Waals surface area contributed by atoms with E-state index in [2.05, 4.69) is 36.6 Å². The zero-order valence-corrected chi connectivity index (χ0v) is 16.6. The Morgan fingerprint density at radius 1 is 1.19 bits per heavy atom. The maximum atomic E-state index is 12.3. The number of benzene rings is 1. The van der Waals surface area contributed by atoms with Gasteiger partial charge in [0.25, 0.3) is 5.91 Å². The molecule has 0 aliphatic rings. The highest BCUT2D eigenvalue weighted by Crippen LogP contribution is 2.33. The minimum absolute atomic E-state index is 0.390. The second-order valence-electron chi connectivity index (χ2n) is 7.20. The number of fused-ring (bicyclic) bond motifs is 1. The lowest BCUT2D eigenvalue weighted by Gasteiger charge is -2.14. The van der Waals surface area contributed by atoms with E-state index in [-0.39, 0.29) is 0 Å². The molecular formula is C22H28N4O. The molecule has 5 heteroatoms. The number of carbonyl (C=O) groups excluding carboxylic acids is 1. The summed E-state index contributed by atoms with van der Waals surface area (Å²) in [5.74, 6) is -0.390. The number of rotatable bonds is 7. The average molecular weight is 364 g/mol. The fraction of sp³-hybridized carbons (Fsp3) is 0.364. The molecule has 3 aromatic rings. The Bertz CT molecular complexity index is 972. The maximum Gasteiger partial charge on any atom is 0.251 e. The van der Waals surface area contributed by atoms with Crippen LogP contribution in [0.1, 0.15) is 35.1 Å². The Balaban J connectivity index is 2.15. The minimum atomic E-state index is -0.390. The number of amides is 1. The Kier molecular flexibility index (Phi) is 5.61. The molecule has 0 atom stereocenters. The van der Waals surface area contributed by atoms with Crippen molar-refractivity contribution >= 4 is 16.8 Å². The van der Waals surface area contributed by atoms with Gasteiger partial charge in [0.15, 0.2) is 0 Å². The third kappa shape index (κ3) is 3.74. The predicted molar refractivity (Wildman–Crippen MR) is 111 cm³/mol. The van der Waals surface area contributed by atoms with Crippen molar-refractivity contribution in [2.24, 2.45) is 5.73 Å². The van der Waals surface area contributed by atoms with Gasteiger partial charge in [0.2, 0.25) is 0 Å². The van der Waals surface area contributed by atoms with Crippen LogP contribution in [0.4, 0.5) is 0 Å². The summed E-state index contributed by atoms with van der Waals surface area (Å²) >= 11 is 0. The molecule has 0 fully saturated rings. The smallest absolute Gasteiger partial charge is 0.251 e. The molecule has 2 N–H and O–H groups in total. The van der Waals surface area contributed by atoms with E-state index >= 15 is 0 Å². The third-order valence-corrected chi connectivity index (χ3v) is 5.05. The molecule has 0 radical (unpaired) electrons.